The SMILES string of the molecule is COC(=O)c1cccc(NC(=O)[C@@H]2CN(S(=O)(=O)c3ccc(C)cc3)c3ccccc3O2)c1. The van der Waals surface area contributed by atoms with Crippen molar-refractivity contribution in [1.82, 2.24) is 0 Å². The average molecular weight is 467 g/mol. The highest BCUT2D eigenvalue weighted by atomic mass is 32.2. The van der Waals surface area contributed by atoms with E-state index in [-0.39, 0.29) is 22.8 Å². The molecular formula is C24H22N2O6S. The number of esters is 1. The molecular weight excluding hydrogens is 444 g/mol. The molecule has 9 heteroatoms. The fourth-order valence-corrected chi connectivity index (χ4v) is 4.94. The largest absolute Gasteiger partial charge is 0.476 e. The van der Waals surface area contributed by atoms with E-state index in [1.54, 1.807) is 54.6 Å². The normalized spacial score (nSPS) is 15.2. The Morgan fingerprint density at radius 1 is 1.03 bits per heavy atom. The van der Waals surface area contributed by atoms with Gasteiger partial charge in [0, 0.05) is 5.69 Å². The highest BCUT2D eigenvalue weighted by Gasteiger charge is 2.37. The number of nitrogens with one attached hydrogen (secondary N) is 1. The molecule has 0 saturated carbocycles. The number of hydrogen-bond donors (Lipinski definition) is 1. The summed E-state index contributed by atoms with van der Waals surface area (Å²) in [6.45, 7) is 1.66. The fraction of sp³-hybridized carbons (Fsp3) is 0.167. The van der Waals surface area contributed by atoms with Crippen LogP contribution in [0, 0.1) is 6.92 Å². The molecule has 3 aromatic rings. The zero-order valence-corrected chi connectivity index (χ0v) is 18.8. The van der Waals surface area contributed by atoms with Crippen molar-refractivity contribution < 1.29 is 27.5 Å². The zero-order valence-electron chi connectivity index (χ0n) is 18.0. The van der Waals surface area contributed by atoms with Crippen molar-refractivity contribution in [3.8, 4) is 5.75 Å². The van der Waals surface area contributed by atoms with Crippen molar-refractivity contribution in [3.05, 3.63) is 83.9 Å². The number of methoxy groups -OCH3 is 1. The number of anilines is 2. The van der Waals surface area contributed by atoms with E-state index < -0.39 is 28.0 Å². The summed E-state index contributed by atoms with van der Waals surface area (Å²) < 4.78 is 38.6. The van der Waals surface area contributed by atoms with Gasteiger partial charge < -0.3 is 14.8 Å². The van der Waals surface area contributed by atoms with Gasteiger partial charge in [0.25, 0.3) is 15.9 Å². The molecule has 0 bridgehead atoms. The lowest BCUT2D eigenvalue weighted by Crippen LogP contribution is -2.48. The maximum Gasteiger partial charge on any atom is 0.337 e. The summed E-state index contributed by atoms with van der Waals surface area (Å²) in [7, 11) is -2.67. The number of benzene rings is 3. The first kappa shape index (κ1) is 22.3. The van der Waals surface area contributed by atoms with Gasteiger partial charge in [0.15, 0.2) is 6.10 Å². The first-order valence-corrected chi connectivity index (χ1v) is 11.6. The van der Waals surface area contributed by atoms with Crippen LogP contribution in [-0.2, 0) is 19.6 Å². The van der Waals surface area contributed by atoms with Crippen LogP contribution in [0.4, 0.5) is 11.4 Å². The molecule has 170 valence electrons. The molecule has 3 aromatic carbocycles. The Hall–Kier alpha value is -3.85. The zero-order chi connectivity index (χ0) is 23.6. The number of nitrogens with zero attached hydrogens (tertiary/aromatic N) is 1. The van der Waals surface area contributed by atoms with Crippen LogP contribution in [0.2, 0.25) is 0 Å². The first-order valence-electron chi connectivity index (χ1n) is 10.1. The van der Waals surface area contributed by atoms with Crippen molar-refractivity contribution in [1.29, 1.82) is 0 Å². The Kier molecular flexibility index (Phi) is 6.06. The number of para-hydroxylation sites is 2. The maximum atomic E-state index is 13.4. The lowest BCUT2D eigenvalue weighted by Gasteiger charge is -2.34. The van der Waals surface area contributed by atoms with E-state index in [4.69, 9.17) is 9.47 Å². The summed E-state index contributed by atoms with van der Waals surface area (Å²) in [6.07, 6.45) is -1.11. The van der Waals surface area contributed by atoms with Crippen LogP contribution < -0.4 is 14.4 Å². The van der Waals surface area contributed by atoms with Crippen LogP contribution in [-0.4, -0.2) is 40.1 Å². The maximum absolute atomic E-state index is 13.4. The quantitative estimate of drug-likeness (QED) is 0.579. The third kappa shape index (κ3) is 4.54. The molecule has 1 aliphatic rings. The number of sulfonamides is 1. The highest BCUT2D eigenvalue weighted by Crippen LogP contribution is 2.37. The van der Waals surface area contributed by atoms with E-state index in [0.717, 1.165) is 5.56 Å². The number of amides is 1. The Labute approximate surface area is 191 Å². The molecule has 4 rings (SSSR count). The predicted molar refractivity (Wildman–Crippen MR) is 123 cm³/mol. The topological polar surface area (TPSA) is 102 Å². The van der Waals surface area contributed by atoms with Crippen molar-refractivity contribution in [2.45, 2.75) is 17.9 Å². The summed E-state index contributed by atoms with van der Waals surface area (Å²) in [5.41, 5.74) is 1.92. The van der Waals surface area contributed by atoms with Crippen molar-refractivity contribution in [2.75, 3.05) is 23.3 Å². The lowest BCUT2D eigenvalue weighted by molar-refractivity contribution is -0.122. The molecule has 0 unspecified atom stereocenters. The third-order valence-electron chi connectivity index (χ3n) is 5.19. The monoisotopic (exact) mass is 466 g/mol. The number of fused-ring (bicyclic) bond motifs is 1. The van der Waals surface area contributed by atoms with Crippen molar-refractivity contribution >= 4 is 33.3 Å². The number of ether oxygens (including phenoxy) is 2. The van der Waals surface area contributed by atoms with Crippen molar-refractivity contribution in [2.24, 2.45) is 0 Å². The Balaban J connectivity index is 1.63. The molecule has 0 saturated heterocycles. The molecule has 8 nitrogen and oxygen atoms in total. The van der Waals surface area contributed by atoms with E-state index in [1.807, 2.05) is 6.92 Å². The molecule has 0 radical (unpaired) electrons. The molecule has 0 fully saturated rings. The first-order chi connectivity index (χ1) is 15.8. The average Bonchev–Trinajstić information content (AvgIpc) is 2.83. The van der Waals surface area contributed by atoms with Gasteiger partial charge in [-0.2, -0.15) is 0 Å². The lowest BCUT2D eigenvalue weighted by atomic mass is 10.2. The van der Waals surface area contributed by atoms with Crippen LogP contribution >= 0.6 is 0 Å². The van der Waals surface area contributed by atoms with Gasteiger partial charge in [-0.1, -0.05) is 35.9 Å². The summed E-state index contributed by atoms with van der Waals surface area (Å²) in [6, 6.07) is 19.4. The fourth-order valence-electron chi connectivity index (χ4n) is 3.47. The standard InChI is InChI=1S/C24H22N2O6S/c1-16-10-12-19(13-11-16)33(29,30)26-15-22(32-21-9-4-3-8-20(21)26)23(27)25-18-7-5-6-17(14-18)24(28)31-2/h3-14,22H,15H2,1-2H3,(H,25,27)/t22-/m0/s1. The van der Waals surface area contributed by atoms with E-state index in [0.29, 0.717) is 11.4 Å². The molecule has 1 atom stereocenters. The summed E-state index contributed by atoms with van der Waals surface area (Å²) >= 11 is 0. The molecule has 0 aliphatic carbocycles. The second kappa shape index (κ2) is 8.95. The van der Waals surface area contributed by atoms with E-state index >= 15 is 0 Å². The molecule has 1 heterocycles. The molecule has 33 heavy (non-hydrogen) atoms. The van der Waals surface area contributed by atoms with Gasteiger partial charge in [-0.05, 0) is 49.4 Å². The molecule has 1 amide bonds. The smallest absolute Gasteiger partial charge is 0.337 e. The number of carbonyl (C=O) groups excluding carboxylic acids is 2. The summed E-state index contributed by atoms with van der Waals surface area (Å²) in [5.74, 6) is -0.803. The van der Waals surface area contributed by atoms with E-state index in [2.05, 4.69) is 5.32 Å². The molecule has 1 aliphatic heterocycles. The van der Waals surface area contributed by atoms with Crippen LogP contribution in [0.1, 0.15) is 15.9 Å². The minimum Gasteiger partial charge on any atom is -0.476 e. The van der Waals surface area contributed by atoms with Gasteiger partial charge in [0.05, 0.1) is 29.8 Å². The van der Waals surface area contributed by atoms with Gasteiger partial charge in [0.2, 0.25) is 0 Å². The second-order valence-electron chi connectivity index (χ2n) is 7.49. The highest BCUT2D eigenvalue weighted by molar-refractivity contribution is 7.92. The Morgan fingerprint density at radius 2 is 1.76 bits per heavy atom. The van der Waals surface area contributed by atoms with Gasteiger partial charge in [-0.3, -0.25) is 9.10 Å². The minimum absolute atomic E-state index is 0.120. The number of aryl methyl sites for hydroxylation is 1. The van der Waals surface area contributed by atoms with Crippen LogP contribution in [0.5, 0.6) is 5.75 Å². The molecule has 0 aromatic heterocycles. The van der Waals surface area contributed by atoms with Gasteiger partial charge in [-0.25, -0.2) is 13.2 Å². The van der Waals surface area contributed by atoms with Gasteiger partial charge in [-0.15, -0.1) is 0 Å². The summed E-state index contributed by atoms with van der Waals surface area (Å²) in [4.78, 5) is 24.9. The predicted octanol–water partition coefficient (Wildman–Crippen LogP) is 3.38. The molecule has 1 N–H and O–H groups in total. The van der Waals surface area contributed by atoms with Gasteiger partial charge in [0.1, 0.15) is 5.75 Å². The summed E-state index contributed by atoms with van der Waals surface area (Å²) in [5, 5.41) is 2.69. The van der Waals surface area contributed by atoms with Crippen LogP contribution in [0.3, 0.4) is 0 Å². The minimum atomic E-state index is -3.94. The number of hydrogen-bond acceptors (Lipinski definition) is 6. The molecule has 0 spiro atoms. The third-order valence-corrected chi connectivity index (χ3v) is 6.98. The van der Waals surface area contributed by atoms with E-state index in [1.165, 1.54) is 29.6 Å². The van der Waals surface area contributed by atoms with Crippen molar-refractivity contribution in [3.63, 3.8) is 0 Å². The number of carbonyl (C=O) groups is 2. The van der Waals surface area contributed by atoms with E-state index in [9.17, 15) is 18.0 Å². The van der Waals surface area contributed by atoms with Crippen LogP contribution in [0.15, 0.2) is 77.7 Å². The Bertz CT molecular complexity index is 1300. The Morgan fingerprint density at radius 3 is 2.48 bits per heavy atom. The number of rotatable bonds is 5. The van der Waals surface area contributed by atoms with Crippen LogP contribution in [0.25, 0.3) is 0 Å². The van der Waals surface area contributed by atoms with Gasteiger partial charge >= 0.3 is 5.97 Å². The second-order valence-corrected chi connectivity index (χ2v) is 9.35.